The maximum absolute atomic E-state index is 12.9. The van der Waals surface area contributed by atoms with Gasteiger partial charge in [0.15, 0.2) is 8.32 Å². The summed E-state index contributed by atoms with van der Waals surface area (Å²) >= 11 is 0. The Kier molecular flexibility index (Phi) is 10.3. The van der Waals surface area contributed by atoms with E-state index in [9.17, 15) is 9.90 Å². The van der Waals surface area contributed by atoms with E-state index in [4.69, 9.17) is 4.43 Å². The Bertz CT molecular complexity index is 644. The Morgan fingerprint density at radius 2 is 1.83 bits per heavy atom. The Morgan fingerprint density at radius 1 is 1.20 bits per heavy atom. The highest BCUT2D eigenvalue weighted by molar-refractivity contribution is 6.83. The number of rotatable bonds is 9. The second-order valence-corrected chi connectivity index (χ2v) is 21.0. The van der Waals surface area contributed by atoms with Gasteiger partial charge in [0.05, 0.1) is 12.2 Å². The van der Waals surface area contributed by atoms with Crippen molar-refractivity contribution in [3.8, 4) is 11.5 Å². The van der Waals surface area contributed by atoms with Crippen LogP contribution in [0.25, 0.3) is 0 Å². The molecule has 0 aliphatic heterocycles. The number of unbranched alkanes of at least 4 members (excludes halogenated alkanes) is 2. The molecule has 0 bridgehead atoms. The van der Waals surface area contributed by atoms with Crippen molar-refractivity contribution in [2.24, 2.45) is 11.8 Å². The minimum absolute atomic E-state index is 0.00313. The average Bonchev–Trinajstić information content (AvgIpc) is 2.85. The van der Waals surface area contributed by atoms with Crippen molar-refractivity contribution in [1.82, 2.24) is 0 Å². The predicted molar refractivity (Wildman–Crippen MR) is 134 cm³/mol. The van der Waals surface area contributed by atoms with Crippen LogP contribution in [0.1, 0.15) is 66.2 Å². The maximum atomic E-state index is 12.9. The second-order valence-electron chi connectivity index (χ2n) is 11.5. The van der Waals surface area contributed by atoms with Crippen molar-refractivity contribution in [3.05, 3.63) is 12.2 Å². The summed E-state index contributed by atoms with van der Waals surface area (Å²) in [6.07, 6.45) is 8.57. The van der Waals surface area contributed by atoms with E-state index in [2.05, 4.69) is 78.0 Å². The van der Waals surface area contributed by atoms with Crippen molar-refractivity contribution >= 4 is 22.2 Å². The SMILES string of the molecule is CCCCC[C@@H](O)/C=C/[C@H]1[C@H](O[Si](C)(C)C(C)(C)C)CC(=O)[C@@H]1CC#C[Si](C)(C)C. The summed E-state index contributed by atoms with van der Waals surface area (Å²) in [6.45, 7) is 20.0. The topological polar surface area (TPSA) is 46.5 Å². The van der Waals surface area contributed by atoms with Gasteiger partial charge in [0, 0.05) is 24.7 Å². The standard InChI is InChI=1S/C25H46O3Si2/c1-10-11-12-14-20(26)16-17-22-21(15-13-18-29(5,6)7)23(27)19-24(22)28-30(8,9)25(2,3)4/h16-17,20-22,24,26H,10-12,14-15,19H2,1-9H3/b17-16+/t20-,21-,22-,24-/m1/s1. The summed E-state index contributed by atoms with van der Waals surface area (Å²) in [4.78, 5) is 12.9. The number of Topliss-reactive ketones (excluding diaryl/α,β-unsaturated/α-hetero) is 1. The number of carbonyl (C=O) groups is 1. The minimum atomic E-state index is -1.99. The summed E-state index contributed by atoms with van der Waals surface area (Å²) in [5, 5.41) is 10.5. The van der Waals surface area contributed by atoms with E-state index in [0.717, 1.165) is 25.7 Å². The van der Waals surface area contributed by atoms with Gasteiger partial charge in [0.1, 0.15) is 13.9 Å². The quantitative estimate of drug-likeness (QED) is 0.193. The number of ketones is 1. The first-order chi connectivity index (χ1) is 13.7. The minimum Gasteiger partial charge on any atom is -0.413 e. The van der Waals surface area contributed by atoms with Crippen LogP contribution in [0.4, 0.5) is 0 Å². The molecular weight excluding hydrogens is 404 g/mol. The molecule has 0 saturated heterocycles. The molecule has 0 spiro atoms. The largest absolute Gasteiger partial charge is 0.413 e. The van der Waals surface area contributed by atoms with Crippen molar-refractivity contribution < 1.29 is 14.3 Å². The van der Waals surface area contributed by atoms with Gasteiger partial charge in [0.2, 0.25) is 0 Å². The maximum Gasteiger partial charge on any atom is 0.192 e. The molecule has 0 heterocycles. The molecule has 0 unspecified atom stereocenters. The molecular formula is C25H46O3Si2. The molecule has 1 N–H and O–H groups in total. The highest BCUT2D eigenvalue weighted by atomic mass is 28.4. The molecule has 1 rings (SSSR count). The Hall–Kier alpha value is -0.676. The summed E-state index contributed by atoms with van der Waals surface area (Å²) in [5.41, 5.74) is 3.41. The van der Waals surface area contributed by atoms with E-state index in [1.807, 2.05) is 6.08 Å². The zero-order valence-electron chi connectivity index (χ0n) is 21.0. The summed E-state index contributed by atoms with van der Waals surface area (Å²) in [7, 11) is -3.46. The van der Waals surface area contributed by atoms with Crippen molar-refractivity contribution in [2.45, 2.75) is 116 Å². The Balaban J connectivity index is 3.05. The molecule has 1 aliphatic rings. The summed E-state index contributed by atoms with van der Waals surface area (Å²) in [5.74, 6) is 3.46. The average molecular weight is 451 g/mol. The lowest BCUT2D eigenvalue weighted by Crippen LogP contribution is -2.45. The van der Waals surface area contributed by atoms with Gasteiger partial charge >= 0.3 is 0 Å². The van der Waals surface area contributed by atoms with Gasteiger partial charge < -0.3 is 9.53 Å². The van der Waals surface area contributed by atoms with Crippen LogP contribution < -0.4 is 0 Å². The van der Waals surface area contributed by atoms with E-state index in [-0.39, 0.29) is 28.8 Å². The van der Waals surface area contributed by atoms with Gasteiger partial charge in [0.25, 0.3) is 0 Å². The Morgan fingerprint density at radius 3 is 2.37 bits per heavy atom. The normalized spacial score (nSPS) is 24.2. The fourth-order valence-corrected chi connectivity index (χ4v) is 5.51. The van der Waals surface area contributed by atoms with E-state index in [1.54, 1.807) is 0 Å². The van der Waals surface area contributed by atoms with Crippen LogP contribution >= 0.6 is 0 Å². The highest BCUT2D eigenvalue weighted by Gasteiger charge is 2.46. The van der Waals surface area contributed by atoms with Crippen LogP contribution in [0.3, 0.4) is 0 Å². The number of hydrogen-bond donors (Lipinski definition) is 1. The molecule has 172 valence electrons. The van der Waals surface area contributed by atoms with E-state index in [0.29, 0.717) is 12.8 Å². The molecule has 5 heteroatoms. The van der Waals surface area contributed by atoms with Gasteiger partial charge in [-0.25, -0.2) is 0 Å². The first-order valence-corrected chi connectivity index (χ1v) is 18.2. The number of hydrogen-bond acceptors (Lipinski definition) is 3. The molecule has 1 saturated carbocycles. The van der Waals surface area contributed by atoms with Crippen LogP contribution in [-0.4, -0.2) is 39.5 Å². The van der Waals surface area contributed by atoms with Crippen LogP contribution in [0.5, 0.6) is 0 Å². The number of aliphatic hydroxyl groups is 1. The lowest BCUT2D eigenvalue weighted by atomic mass is 9.90. The molecule has 0 aromatic heterocycles. The number of carbonyl (C=O) groups excluding carboxylic acids is 1. The summed E-state index contributed by atoms with van der Waals surface area (Å²) < 4.78 is 6.70. The van der Waals surface area contributed by atoms with Gasteiger partial charge in [-0.15, -0.1) is 11.5 Å². The van der Waals surface area contributed by atoms with Crippen molar-refractivity contribution in [3.63, 3.8) is 0 Å². The van der Waals surface area contributed by atoms with Gasteiger partial charge in [-0.2, -0.15) is 0 Å². The zero-order valence-corrected chi connectivity index (χ0v) is 23.0. The molecule has 0 aromatic rings. The third kappa shape index (κ3) is 8.82. The molecule has 30 heavy (non-hydrogen) atoms. The van der Waals surface area contributed by atoms with E-state index < -0.39 is 22.5 Å². The fraction of sp³-hybridized carbons (Fsp3) is 0.800. The third-order valence-corrected chi connectivity index (χ3v) is 11.8. The lowest BCUT2D eigenvalue weighted by molar-refractivity contribution is -0.121. The molecule has 0 aromatic carbocycles. The smallest absolute Gasteiger partial charge is 0.192 e. The Labute approximate surface area is 188 Å². The van der Waals surface area contributed by atoms with Crippen LogP contribution in [0.15, 0.2) is 12.2 Å². The monoisotopic (exact) mass is 450 g/mol. The van der Waals surface area contributed by atoms with Gasteiger partial charge in [-0.3, -0.25) is 4.79 Å². The zero-order chi connectivity index (χ0) is 23.2. The number of aliphatic hydroxyl groups excluding tert-OH is 1. The fourth-order valence-electron chi connectivity index (χ4n) is 3.53. The van der Waals surface area contributed by atoms with Gasteiger partial charge in [-0.05, 0) is 24.6 Å². The highest BCUT2D eigenvalue weighted by Crippen LogP contribution is 2.42. The van der Waals surface area contributed by atoms with Crippen LogP contribution in [0.2, 0.25) is 37.8 Å². The van der Waals surface area contributed by atoms with Crippen molar-refractivity contribution in [1.29, 1.82) is 0 Å². The molecule has 4 atom stereocenters. The van der Waals surface area contributed by atoms with Crippen LogP contribution in [-0.2, 0) is 9.22 Å². The first kappa shape index (κ1) is 27.4. The summed E-state index contributed by atoms with van der Waals surface area (Å²) in [6, 6.07) is 0. The molecule has 3 nitrogen and oxygen atoms in total. The molecule has 0 radical (unpaired) electrons. The predicted octanol–water partition coefficient (Wildman–Crippen LogP) is 6.35. The second kappa shape index (κ2) is 11.3. The van der Waals surface area contributed by atoms with E-state index >= 15 is 0 Å². The van der Waals surface area contributed by atoms with Crippen molar-refractivity contribution in [2.75, 3.05) is 0 Å². The van der Waals surface area contributed by atoms with Crippen LogP contribution in [0, 0.1) is 23.3 Å². The molecule has 1 aliphatic carbocycles. The first-order valence-electron chi connectivity index (χ1n) is 11.7. The van der Waals surface area contributed by atoms with Gasteiger partial charge in [-0.1, -0.05) is 78.8 Å². The van der Waals surface area contributed by atoms with E-state index in [1.165, 1.54) is 0 Å². The lowest BCUT2D eigenvalue weighted by Gasteiger charge is -2.39. The third-order valence-electron chi connectivity index (χ3n) is 6.41. The molecule has 1 fully saturated rings. The molecule has 0 amide bonds.